The second-order valence-corrected chi connectivity index (χ2v) is 5.02. The molecule has 114 valence electrons. The minimum absolute atomic E-state index is 0.251. The smallest absolute Gasteiger partial charge is 0.247 e. The van der Waals surface area contributed by atoms with E-state index in [0.717, 1.165) is 22.4 Å². The fourth-order valence-corrected chi connectivity index (χ4v) is 2.36. The molecular formula is C18H16N4O. The van der Waals surface area contributed by atoms with Crippen LogP contribution in [0.3, 0.4) is 0 Å². The Morgan fingerprint density at radius 1 is 1.17 bits per heavy atom. The van der Waals surface area contributed by atoms with Crippen molar-refractivity contribution in [3.8, 4) is 0 Å². The summed E-state index contributed by atoms with van der Waals surface area (Å²) in [7, 11) is 1.95. The number of para-hydroxylation sites is 1. The number of anilines is 3. The highest BCUT2D eigenvalue weighted by molar-refractivity contribution is 6.01. The van der Waals surface area contributed by atoms with Crippen LogP contribution in [0.25, 0.3) is 10.9 Å². The zero-order valence-electron chi connectivity index (χ0n) is 12.7. The first-order valence-corrected chi connectivity index (χ1v) is 7.16. The summed E-state index contributed by atoms with van der Waals surface area (Å²) in [5.74, 6) is 0.523. The van der Waals surface area contributed by atoms with Crippen LogP contribution in [0.2, 0.25) is 0 Å². The molecule has 5 nitrogen and oxygen atoms in total. The van der Waals surface area contributed by atoms with E-state index in [0.29, 0.717) is 5.69 Å². The van der Waals surface area contributed by atoms with E-state index < -0.39 is 0 Å². The molecule has 0 bridgehead atoms. The van der Waals surface area contributed by atoms with Gasteiger partial charge < -0.3 is 10.2 Å². The quantitative estimate of drug-likeness (QED) is 0.749. The Bertz CT molecular complexity index is 861. The molecule has 0 aliphatic rings. The maximum atomic E-state index is 11.5. The van der Waals surface area contributed by atoms with Crippen molar-refractivity contribution in [2.75, 3.05) is 17.3 Å². The van der Waals surface area contributed by atoms with Crippen molar-refractivity contribution in [2.24, 2.45) is 0 Å². The van der Waals surface area contributed by atoms with E-state index in [-0.39, 0.29) is 5.91 Å². The summed E-state index contributed by atoms with van der Waals surface area (Å²) < 4.78 is 0. The molecule has 0 atom stereocenters. The van der Waals surface area contributed by atoms with Crippen LogP contribution in [0.15, 0.2) is 67.5 Å². The molecule has 1 amide bonds. The number of benzene rings is 2. The predicted molar refractivity (Wildman–Crippen MR) is 92.9 cm³/mol. The SMILES string of the molecule is C=CC(=O)Nc1ccc2ncnc(N(C)c3ccccc3)c2c1. The summed E-state index contributed by atoms with van der Waals surface area (Å²) in [4.78, 5) is 22.2. The number of fused-ring (bicyclic) bond motifs is 1. The van der Waals surface area contributed by atoms with E-state index in [1.54, 1.807) is 6.33 Å². The van der Waals surface area contributed by atoms with Gasteiger partial charge in [0.1, 0.15) is 12.1 Å². The van der Waals surface area contributed by atoms with E-state index in [1.807, 2.05) is 60.5 Å². The molecule has 3 rings (SSSR count). The third-order valence-electron chi connectivity index (χ3n) is 3.53. The molecule has 23 heavy (non-hydrogen) atoms. The minimum Gasteiger partial charge on any atom is -0.329 e. The van der Waals surface area contributed by atoms with Gasteiger partial charge in [-0.25, -0.2) is 9.97 Å². The number of amides is 1. The third kappa shape index (κ3) is 3.03. The first-order chi connectivity index (χ1) is 11.2. The summed E-state index contributed by atoms with van der Waals surface area (Å²) in [6.45, 7) is 3.46. The Kier molecular flexibility index (Phi) is 4.01. The number of nitrogens with one attached hydrogen (secondary N) is 1. The molecule has 5 heteroatoms. The molecule has 2 aromatic carbocycles. The standard InChI is InChI=1S/C18H16N4O/c1-3-17(23)21-13-9-10-16-15(11-13)18(20-12-19-16)22(2)14-7-5-4-6-8-14/h3-12H,1H2,2H3,(H,21,23). The van der Waals surface area contributed by atoms with E-state index in [1.165, 1.54) is 6.08 Å². The highest BCUT2D eigenvalue weighted by atomic mass is 16.1. The van der Waals surface area contributed by atoms with E-state index in [4.69, 9.17) is 0 Å². The summed E-state index contributed by atoms with van der Waals surface area (Å²) >= 11 is 0. The maximum absolute atomic E-state index is 11.5. The second kappa shape index (κ2) is 6.27. The van der Waals surface area contributed by atoms with Crippen molar-refractivity contribution < 1.29 is 4.79 Å². The van der Waals surface area contributed by atoms with Crippen molar-refractivity contribution in [3.05, 3.63) is 67.5 Å². The lowest BCUT2D eigenvalue weighted by atomic mass is 10.2. The monoisotopic (exact) mass is 304 g/mol. The van der Waals surface area contributed by atoms with Gasteiger partial charge in [-0.2, -0.15) is 0 Å². The predicted octanol–water partition coefficient (Wildman–Crippen LogP) is 3.52. The number of hydrogen-bond acceptors (Lipinski definition) is 4. The average Bonchev–Trinajstić information content (AvgIpc) is 2.61. The largest absolute Gasteiger partial charge is 0.329 e. The first-order valence-electron chi connectivity index (χ1n) is 7.16. The zero-order valence-corrected chi connectivity index (χ0v) is 12.7. The van der Waals surface area contributed by atoms with Crippen LogP contribution in [0.1, 0.15) is 0 Å². The van der Waals surface area contributed by atoms with Gasteiger partial charge in [-0.05, 0) is 36.4 Å². The molecule has 0 spiro atoms. The summed E-state index contributed by atoms with van der Waals surface area (Å²) in [6, 6.07) is 15.5. The van der Waals surface area contributed by atoms with Crippen molar-refractivity contribution in [2.45, 2.75) is 0 Å². The van der Waals surface area contributed by atoms with Gasteiger partial charge in [0.25, 0.3) is 0 Å². The molecule has 0 radical (unpaired) electrons. The molecule has 0 fully saturated rings. The molecule has 0 saturated carbocycles. The van der Waals surface area contributed by atoms with Gasteiger partial charge in [-0.1, -0.05) is 24.8 Å². The van der Waals surface area contributed by atoms with Gasteiger partial charge in [0.05, 0.1) is 5.52 Å². The van der Waals surface area contributed by atoms with Crippen molar-refractivity contribution in [3.63, 3.8) is 0 Å². The fraction of sp³-hybridized carbons (Fsp3) is 0.0556. The third-order valence-corrected chi connectivity index (χ3v) is 3.53. The van der Waals surface area contributed by atoms with E-state index in [9.17, 15) is 4.79 Å². The number of aromatic nitrogens is 2. The van der Waals surface area contributed by atoms with Crippen LogP contribution in [-0.4, -0.2) is 22.9 Å². The van der Waals surface area contributed by atoms with Crippen LogP contribution in [0, 0.1) is 0 Å². The number of nitrogens with zero attached hydrogens (tertiary/aromatic N) is 3. The fourth-order valence-electron chi connectivity index (χ4n) is 2.36. The van der Waals surface area contributed by atoms with Gasteiger partial charge in [0.2, 0.25) is 5.91 Å². The normalized spacial score (nSPS) is 10.3. The van der Waals surface area contributed by atoms with Crippen LogP contribution >= 0.6 is 0 Å². The number of carbonyl (C=O) groups is 1. The highest BCUT2D eigenvalue weighted by Crippen LogP contribution is 2.29. The van der Waals surface area contributed by atoms with E-state index >= 15 is 0 Å². The Morgan fingerprint density at radius 3 is 2.70 bits per heavy atom. The molecule has 1 N–H and O–H groups in total. The van der Waals surface area contributed by atoms with Crippen molar-refractivity contribution >= 4 is 34.0 Å². The molecular weight excluding hydrogens is 288 g/mol. The van der Waals surface area contributed by atoms with Crippen molar-refractivity contribution in [1.29, 1.82) is 0 Å². The van der Waals surface area contributed by atoms with Crippen LogP contribution in [0.5, 0.6) is 0 Å². The molecule has 0 saturated heterocycles. The van der Waals surface area contributed by atoms with Crippen molar-refractivity contribution in [1.82, 2.24) is 9.97 Å². The topological polar surface area (TPSA) is 58.1 Å². The lowest BCUT2D eigenvalue weighted by molar-refractivity contribution is -0.111. The van der Waals surface area contributed by atoms with Gasteiger partial charge in [0, 0.05) is 23.8 Å². The minimum atomic E-state index is -0.251. The zero-order chi connectivity index (χ0) is 16.2. The Balaban J connectivity index is 2.07. The van der Waals surface area contributed by atoms with Gasteiger partial charge in [-0.15, -0.1) is 0 Å². The molecule has 1 heterocycles. The number of hydrogen-bond donors (Lipinski definition) is 1. The van der Waals surface area contributed by atoms with E-state index in [2.05, 4.69) is 21.9 Å². The molecule has 1 aromatic heterocycles. The maximum Gasteiger partial charge on any atom is 0.247 e. The first kappa shape index (κ1) is 14.7. The molecule has 0 unspecified atom stereocenters. The molecule has 0 aliphatic carbocycles. The van der Waals surface area contributed by atoms with Crippen LogP contribution < -0.4 is 10.2 Å². The summed E-state index contributed by atoms with van der Waals surface area (Å²) in [5.41, 5.74) is 2.52. The lowest BCUT2D eigenvalue weighted by Gasteiger charge is -2.20. The Hall–Kier alpha value is -3.21. The van der Waals surface area contributed by atoms with Crippen LogP contribution in [-0.2, 0) is 4.79 Å². The van der Waals surface area contributed by atoms with Gasteiger partial charge in [-0.3, -0.25) is 4.79 Å². The number of carbonyl (C=O) groups excluding carboxylic acids is 1. The summed E-state index contributed by atoms with van der Waals surface area (Å²) in [6.07, 6.45) is 2.78. The summed E-state index contributed by atoms with van der Waals surface area (Å²) in [5, 5.41) is 3.62. The van der Waals surface area contributed by atoms with Gasteiger partial charge in [0.15, 0.2) is 0 Å². The second-order valence-electron chi connectivity index (χ2n) is 5.02. The highest BCUT2D eigenvalue weighted by Gasteiger charge is 2.11. The molecule has 0 aliphatic heterocycles. The van der Waals surface area contributed by atoms with Crippen LogP contribution in [0.4, 0.5) is 17.2 Å². The number of rotatable bonds is 4. The lowest BCUT2D eigenvalue weighted by Crippen LogP contribution is -2.12. The average molecular weight is 304 g/mol. The Morgan fingerprint density at radius 2 is 1.96 bits per heavy atom. The molecule has 3 aromatic rings. The Labute approximate surface area is 134 Å². The van der Waals surface area contributed by atoms with Gasteiger partial charge >= 0.3 is 0 Å².